The molecule has 2 aromatic rings. The van der Waals surface area contributed by atoms with Gasteiger partial charge in [0.15, 0.2) is 5.58 Å². The molecule has 5 heteroatoms. The van der Waals surface area contributed by atoms with E-state index >= 15 is 0 Å². The Bertz CT molecular complexity index is 531. The van der Waals surface area contributed by atoms with Crippen LogP contribution in [0.15, 0.2) is 39.1 Å². The molecule has 0 saturated heterocycles. The Balaban J connectivity index is 1.77. The standard InChI is InChI=1S/C12H12N2O2S/c15-14-8-5-6-9(7-8)17-12-13-10-3-1-2-4-11(10)16-12/h1-4,9,15H,5-7H2/b14-8-. The van der Waals surface area contributed by atoms with Crippen LogP contribution in [0.2, 0.25) is 0 Å². The number of thioether (sulfide) groups is 1. The average molecular weight is 248 g/mol. The number of benzene rings is 1. The van der Waals surface area contributed by atoms with Crippen LogP contribution < -0.4 is 0 Å². The van der Waals surface area contributed by atoms with Crippen LogP contribution in [0.25, 0.3) is 11.1 Å². The van der Waals surface area contributed by atoms with Gasteiger partial charge in [0.2, 0.25) is 0 Å². The summed E-state index contributed by atoms with van der Waals surface area (Å²) in [5.74, 6) is 0. The third-order valence-electron chi connectivity index (χ3n) is 2.90. The van der Waals surface area contributed by atoms with Gasteiger partial charge in [-0.2, -0.15) is 0 Å². The topological polar surface area (TPSA) is 58.6 Å². The number of hydrogen-bond acceptors (Lipinski definition) is 5. The van der Waals surface area contributed by atoms with Crippen LogP contribution in [0.1, 0.15) is 19.3 Å². The second-order valence-electron chi connectivity index (χ2n) is 4.10. The predicted molar refractivity (Wildman–Crippen MR) is 66.7 cm³/mol. The molecule has 3 rings (SSSR count). The normalized spacial score (nSPS) is 22.6. The third-order valence-corrected chi connectivity index (χ3v) is 4.01. The van der Waals surface area contributed by atoms with E-state index in [4.69, 9.17) is 9.62 Å². The minimum absolute atomic E-state index is 0.411. The van der Waals surface area contributed by atoms with Gasteiger partial charge in [-0.1, -0.05) is 29.1 Å². The summed E-state index contributed by atoms with van der Waals surface area (Å²) in [5, 5.41) is 13.1. The molecule has 0 radical (unpaired) electrons. The third kappa shape index (κ3) is 2.15. The number of para-hydroxylation sites is 2. The van der Waals surface area contributed by atoms with Gasteiger partial charge in [-0.05, 0) is 25.0 Å². The molecule has 1 aromatic heterocycles. The molecule has 1 heterocycles. The zero-order valence-electron chi connectivity index (χ0n) is 9.17. The predicted octanol–water partition coefficient (Wildman–Crippen LogP) is 3.30. The molecule has 17 heavy (non-hydrogen) atoms. The number of fused-ring (bicyclic) bond motifs is 1. The van der Waals surface area contributed by atoms with Crippen molar-refractivity contribution in [2.45, 2.75) is 29.7 Å². The van der Waals surface area contributed by atoms with Gasteiger partial charge in [0.05, 0.1) is 5.71 Å². The van der Waals surface area contributed by atoms with Crippen LogP contribution >= 0.6 is 11.8 Å². The van der Waals surface area contributed by atoms with Crippen LogP contribution in [0, 0.1) is 0 Å². The smallest absolute Gasteiger partial charge is 0.257 e. The fourth-order valence-electron chi connectivity index (χ4n) is 2.03. The van der Waals surface area contributed by atoms with Gasteiger partial charge in [-0.25, -0.2) is 4.98 Å². The van der Waals surface area contributed by atoms with E-state index in [0.29, 0.717) is 10.5 Å². The van der Waals surface area contributed by atoms with Gasteiger partial charge in [0.1, 0.15) is 5.52 Å². The lowest BCUT2D eigenvalue weighted by atomic mass is 10.3. The van der Waals surface area contributed by atoms with Gasteiger partial charge in [-0.3, -0.25) is 0 Å². The van der Waals surface area contributed by atoms with E-state index in [-0.39, 0.29) is 0 Å². The molecule has 88 valence electrons. The van der Waals surface area contributed by atoms with E-state index in [9.17, 15) is 0 Å². The van der Waals surface area contributed by atoms with Crippen molar-refractivity contribution in [3.63, 3.8) is 0 Å². The summed E-state index contributed by atoms with van der Waals surface area (Å²) in [5.41, 5.74) is 2.59. The Morgan fingerprint density at radius 1 is 1.41 bits per heavy atom. The van der Waals surface area contributed by atoms with E-state index in [2.05, 4.69) is 10.1 Å². The van der Waals surface area contributed by atoms with E-state index in [1.165, 1.54) is 0 Å². The average Bonchev–Trinajstić information content (AvgIpc) is 2.94. The maximum absolute atomic E-state index is 8.70. The van der Waals surface area contributed by atoms with Gasteiger partial charge in [-0.15, -0.1) is 0 Å². The Morgan fingerprint density at radius 2 is 2.29 bits per heavy atom. The lowest BCUT2D eigenvalue weighted by Gasteiger charge is -2.02. The number of aromatic nitrogens is 1. The first kappa shape index (κ1) is 10.7. The van der Waals surface area contributed by atoms with Gasteiger partial charge in [0, 0.05) is 11.7 Å². The molecule has 1 N–H and O–H groups in total. The van der Waals surface area contributed by atoms with Crippen molar-refractivity contribution in [3.05, 3.63) is 24.3 Å². The highest BCUT2D eigenvalue weighted by Crippen LogP contribution is 2.34. The molecule has 1 atom stereocenters. The van der Waals surface area contributed by atoms with Crippen LogP contribution in [0.5, 0.6) is 0 Å². The van der Waals surface area contributed by atoms with Gasteiger partial charge >= 0.3 is 0 Å². The van der Waals surface area contributed by atoms with Crippen LogP contribution in [0.3, 0.4) is 0 Å². The summed E-state index contributed by atoms with van der Waals surface area (Å²) < 4.78 is 5.65. The Labute approximate surface area is 103 Å². The quantitative estimate of drug-likeness (QED) is 0.654. The Morgan fingerprint density at radius 3 is 3.06 bits per heavy atom. The molecule has 1 aromatic carbocycles. The highest BCUT2D eigenvalue weighted by molar-refractivity contribution is 7.99. The monoisotopic (exact) mass is 248 g/mol. The molecule has 1 saturated carbocycles. The highest BCUT2D eigenvalue weighted by Gasteiger charge is 2.24. The fraction of sp³-hybridized carbons (Fsp3) is 0.333. The molecule has 1 aliphatic carbocycles. The van der Waals surface area contributed by atoms with E-state index in [1.54, 1.807) is 11.8 Å². The molecule has 1 aliphatic rings. The van der Waals surface area contributed by atoms with Crippen molar-refractivity contribution in [2.24, 2.45) is 5.16 Å². The Hall–Kier alpha value is -1.49. The van der Waals surface area contributed by atoms with E-state index < -0.39 is 0 Å². The maximum atomic E-state index is 8.70. The van der Waals surface area contributed by atoms with E-state index in [0.717, 1.165) is 36.1 Å². The summed E-state index contributed by atoms with van der Waals surface area (Å²) in [6.45, 7) is 0. The van der Waals surface area contributed by atoms with Crippen molar-refractivity contribution in [1.82, 2.24) is 4.98 Å². The first-order chi connectivity index (χ1) is 8.35. The zero-order valence-corrected chi connectivity index (χ0v) is 9.98. The van der Waals surface area contributed by atoms with E-state index in [1.807, 2.05) is 24.3 Å². The largest absolute Gasteiger partial charge is 0.431 e. The molecular formula is C12H12N2O2S. The summed E-state index contributed by atoms with van der Waals surface area (Å²) in [6.07, 6.45) is 2.71. The first-order valence-corrected chi connectivity index (χ1v) is 6.45. The lowest BCUT2D eigenvalue weighted by Crippen LogP contribution is -1.96. The minimum atomic E-state index is 0.411. The van der Waals surface area contributed by atoms with Crippen LogP contribution in [0.4, 0.5) is 0 Å². The summed E-state index contributed by atoms with van der Waals surface area (Å²) in [7, 11) is 0. The summed E-state index contributed by atoms with van der Waals surface area (Å²) in [6, 6.07) is 7.75. The van der Waals surface area contributed by atoms with Crippen LogP contribution in [-0.4, -0.2) is 21.2 Å². The zero-order chi connectivity index (χ0) is 11.7. The van der Waals surface area contributed by atoms with Crippen molar-refractivity contribution >= 4 is 28.6 Å². The Kier molecular flexibility index (Phi) is 2.76. The molecule has 1 unspecified atom stereocenters. The summed E-state index contributed by atoms with van der Waals surface area (Å²) >= 11 is 1.63. The maximum Gasteiger partial charge on any atom is 0.257 e. The van der Waals surface area contributed by atoms with Crippen molar-refractivity contribution in [3.8, 4) is 0 Å². The number of nitrogens with zero attached hydrogens (tertiary/aromatic N) is 2. The number of hydrogen-bond donors (Lipinski definition) is 1. The number of rotatable bonds is 2. The molecule has 0 bridgehead atoms. The lowest BCUT2D eigenvalue weighted by molar-refractivity contribution is 0.317. The molecule has 4 nitrogen and oxygen atoms in total. The molecule has 0 aliphatic heterocycles. The molecular weight excluding hydrogens is 236 g/mol. The SMILES string of the molecule is O/N=C1/CCC(Sc2nc3ccccc3o2)C1. The van der Waals surface area contributed by atoms with Crippen molar-refractivity contribution in [1.29, 1.82) is 0 Å². The first-order valence-electron chi connectivity index (χ1n) is 5.57. The number of oxazole rings is 1. The van der Waals surface area contributed by atoms with Crippen LogP contribution in [-0.2, 0) is 0 Å². The molecule has 0 spiro atoms. The highest BCUT2D eigenvalue weighted by atomic mass is 32.2. The minimum Gasteiger partial charge on any atom is -0.431 e. The van der Waals surface area contributed by atoms with Crippen molar-refractivity contribution in [2.75, 3.05) is 0 Å². The number of oxime groups is 1. The van der Waals surface area contributed by atoms with Gasteiger partial charge in [0.25, 0.3) is 5.22 Å². The second kappa shape index (κ2) is 4.41. The molecule has 0 amide bonds. The fourth-order valence-corrected chi connectivity index (χ4v) is 3.12. The molecule has 1 fully saturated rings. The summed E-state index contributed by atoms with van der Waals surface area (Å²) in [4.78, 5) is 4.42. The van der Waals surface area contributed by atoms with Crippen molar-refractivity contribution < 1.29 is 9.62 Å². The van der Waals surface area contributed by atoms with Gasteiger partial charge < -0.3 is 9.62 Å². The second-order valence-corrected chi connectivity index (χ2v) is 5.35.